The second-order valence-electron chi connectivity index (χ2n) is 7.16. The Bertz CT molecular complexity index is 1020. The standard InChI is InChI=1S/C23H27N3O7/c1-5-33-17-9-7-6-8-16(17)26-13-15(12-20(26)27)23(29)25-24-22(28)14-10-18(30-2)21(32-4)19(11-14)31-3/h6-11,15H,5,12-13H2,1-4H3,(H,24,28)(H,25,29)/t15-/m1/s1. The van der Waals surface area contributed by atoms with Crippen LogP contribution in [0.2, 0.25) is 0 Å². The number of para-hydroxylation sites is 2. The highest BCUT2D eigenvalue weighted by molar-refractivity contribution is 6.02. The molecule has 3 rings (SSSR count). The third-order valence-corrected chi connectivity index (χ3v) is 5.18. The predicted octanol–water partition coefficient (Wildman–Crippen LogP) is 1.93. The van der Waals surface area contributed by atoms with E-state index in [1.807, 2.05) is 13.0 Å². The number of benzene rings is 2. The molecule has 0 aromatic heterocycles. The molecule has 0 radical (unpaired) electrons. The van der Waals surface area contributed by atoms with Crippen molar-refractivity contribution in [1.82, 2.24) is 10.9 Å². The number of ether oxygens (including phenoxy) is 4. The summed E-state index contributed by atoms with van der Waals surface area (Å²) in [7, 11) is 4.33. The molecule has 1 heterocycles. The van der Waals surface area contributed by atoms with E-state index >= 15 is 0 Å². The van der Waals surface area contributed by atoms with Crippen LogP contribution in [0, 0.1) is 5.92 Å². The van der Waals surface area contributed by atoms with E-state index in [9.17, 15) is 14.4 Å². The molecule has 1 saturated heterocycles. The van der Waals surface area contributed by atoms with E-state index in [2.05, 4.69) is 10.9 Å². The van der Waals surface area contributed by atoms with Crippen LogP contribution >= 0.6 is 0 Å². The first-order chi connectivity index (χ1) is 15.9. The van der Waals surface area contributed by atoms with Crippen molar-refractivity contribution in [3.8, 4) is 23.0 Å². The first kappa shape index (κ1) is 23.7. The molecule has 0 bridgehead atoms. The van der Waals surface area contributed by atoms with Crippen LogP contribution in [0.1, 0.15) is 23.7 Å². The van der Waals surface area contributed by atoms with E-state index in [1.54, 1.807) is 18.2 Å². The van der Waals surface area contributed by atoms with Crippen LogP contribution in [-0.2, 0) is 9.59 Å². The fourth-order valence-electron chi connectivity index (χ4n) is 3.58. The zero-order valence-corrected chi connectivity index (χ0v) is 19.0. The Labute approximate surface area is 191 Å². The van der Waals surface area contributed by atoms with Gasteiger partial charge in [0.1, 0.15) is 5.75 Å². The van der Waals surface area contributed by atoms with Crippen molar-refractivity contribution in [2.24, 2.45) is 5.92 Å². The van der Waals surface area contributed by atoms with Crippen LogP contribution in [-0.4, -0.2) is 52.2 Å². The van der Waals surface area contributed by atoms with Gasteiger partial charge in [-0.25, -0.2) is 0 Å². The van der Waals surface area contributed by atoms with Crippen LogP contribution in [0.5, 0.6) is 23.0 Å². The van der Waals surface area contributed by atoms with Gasteiger partial charge in [-0.2, -0.15) is 0 Å². The Morgan fingerprint density at radius 1 is 1.00 bits per heavy atom. The number of methoxy groups -OCH3 is 3. The average Bonchev–Trinajstić information content (AvgIpc) is 3.23. The minimum Gasteiger partial charge on any atom is -0.493 e. The Morgan fingerprint density at radius 2 is 1.67 bits per heavy atom. The number of hydrazine groups is 1. The van der Waals surface area contributed by atoms with Crippen molar-refractivity contribution in [2.45, 2.75) is 13.3 Å². The molecule has 176 valence electrons. The zero-order valence-electron chi connectivity index (χ0n) is 19.0. The normalized spacial score (nSPS) is 15.1. The molecule has 2 N–H and O–H groups in total. The van der Waals surface area contributed by atoms with Gasteiger partial charge in [-0.15, -0.1) is 0 Å². The van der Waals surface area contributed by atoms with Gasteiger partial charge in [0.05, 0.1) is 39.5 Å². The quantitative estimate of drug-likeness (QED) is 0.582. The van der Waals surface area contributed by atoms with Crippen molar-refractivity contribution < 1.29 is 33.3 Å². The molecule has 0 unspecified atom stereocenters. The number of rotatable bonds is 8. The summed E-state index contributed by atoms with van der Waals surface area (Å²) in [6.45, 7) is 2.49. The molecule has 10 nitrogen and oxygen atoms in total. The summed E-state index contributed by atoms with van der Waals surface area (Å²) < 4.78 is 21.3. The number of hydrogen-bond acceptors (Lipinski definition) is 7. The Morgan fingerprint density at radius 3 is 2.27 bits per heavy atom. The van der Waals surface area contributed by atoms with Crippen molar-refractivity contribution in [1.29, 1.82) is 0 Å². The zero-order chi connectivity index (χ0) is 24.0. The van der Waals surface area contributed by atoms with Gasteiger partial charge in [0.25, 0.3) is 5.91 Å². The molecule has 10 heteroatoms. The Kier molecular flexibility index (Phi) is 7.60. The Hall–Kier alpha value is -3.95. The topological polar surface area (TPSA) is 115 Å². The van der Waals surface area contributed by atoms with Gasteiger partial charge >= 0.3 is 0 Å². The number of anilines is 1. The first-order valence-corrected chi connectivity index (χ1v) is 10.4. The highest BCUT2D eigenvalue weighted by Crippen LogP contribution is 2.38. The molecule has 3 amide bonds. The van der Waals surface area contributed by atoms with Crippen LogP contribution in [0.4, 0.5) is 5.69 Å². The summed E-state index contributed by atoms with van der Waals surface area (Å²) >= 11 is 0. The summed E-state index contributed by atoms with van der Waals surface area (Å²) in [6.07, 6.45) is 0.0202. The monoisotopic (exact) mass is 457 g/mol. The maximum atomic E-state index is 12.7. The Balaban J connectivity index is 1.66. The van der Waals surface area contributed by atoms with E-state index in [0.29, 0.717) is 35.3 Å². The van der Waals surface area contributed by atoms with Gasteiger partial charge in [-0.3, -0.25) is 25.2 Å². The molecular weight excluding hydrogens is 430 g/mol. The molecule has 1 aliphatic rings. The minimum absolute atomic E-state index is 0.0202. The summed E-state index contributed by atoms with van der Waals surface area (Å²) in [5.74, 6) is -0.351. The number of hydrogen-bond donors (Lipinski definition) is 2. The SMILES string of the molecule is CCOc1ccccc1N1C[C@H](C(=O)NNC(=O)c2cc(OC)c(OC)c(OC)c2)CC1=O. The van der Waals surface area contributed by atoms with Crippen LogP contribution in [0.15, 0.2) is 36.4 Å². The lowest BCUT2D eigenvalue weighted by atomic mass is 10.1. The van der Waals surface area contributed by atoms with Gasteiger partial charge in [0, 0.05) is 18.5 Å². The molecule has 1 fully saturated rings. The van der Waals surface area contributed by atoms with Crippen molar-refractivity contribution in [2.75, 3.05) is 39.4 Å². The van der Waals surface area contributed by atoms with E-state index in [0.717, 1.165) is 0 Å². The van der Waals surface area contributed by atoms with Gasteiger partial charge in [-0.05, 0) is 31.2 Å². The summed E-state index contributed by atoms with van der Waals surface area (Å²) in [6, 6.07) is 10.1. The molecule has 2 aromatic rings. The minimum atomic E-state index is -0.632. The fourth-order valence-corrected chi connectivity index (χ4v) is 3.58. The molecule has 0 spiro atoms. The molecule has 1 aliphatic heterocycles. The van der Waals surface area contributed by atoms with E-state index < -0.39 is 17.7 Å². The average molecular weight is 457 g/mol. The smallest absolute Gasteiger partial charge is 0.269 e. The van der Waals surface area contributed by atoms with Gasteiger partial charge in [0.2, 0.25) is 17.6 Å². The largest absolute Gasteiger partial charge is 0.493 e. The number of carbonyl (C=O) groups is 3. The molecular formula is C23H27N3O7. The number of amides is 3. The predicted molar refractivity (Wildman–Crippen MR) is 120 cm³/mol. The molecule has 33 heavy (non-hydrogen) atoms. The fraction of sp³-hybridized carbons (Fsp3) is 0.348. The van der Waals surface area contributed by atoms with E-state index in [1.165, 1.54) is 38.4 Å². The number of carbonyl (C=O) groups excluding carboxylic acids is 3. The lowest BCUT2D eigenvalue weighted by molar-refractivity contribution is -0.126. The molecule has 1 atom stereocenters. The number of nitrogens with zero attached hydrogens (tertiary/aromatic N) is 1. The first-order valence-electron chi connectivity index (χ1n) is 10.4. The lowest BCUT2D eigenvalue weighted by Crippen LogP contribution is -2.45. The highest BCUT2D eigenvalue weighted by atomic mass is 16.5. The maximum absolute atomic E-state index is 12.7. The van der Waals surface area contributed by atoms with Crippen molar-refractivity contribution >= 4 is 23.4 Å². The maximum Gasteiger partial charge on any atom is 0.269 e. The number of nitrogens with one attached hydrogen (secondary N) is 2. The van der Waals surface area contributed by atoms with Gasteiger partial charge in [0.15, 0.2) is 11.5 Å². The highest BCUT2D eigenvalue weighted by Gasteiger charge is 2.36. The van der Waals surface area contributed by atoms with Gasteiger partial charge in [-0.1, -0.05) is 12.1 Å². The van der Waals surface area contributed by atoms with Gasteiger partial charge < -0.3 is 23.8 Å². The molecule has 2 aromatic carbocycles. The third kappa shape index (κ3) is 5.11. The third-order valence-electron chi connectivity index (χ3n) is 5.18. The van der Waals surface area contributed by atoms with Crippen LogP contribution in [0.3, 0.4) is 0 Å². The summed E-state index contributed by atoms with van der Waals surface area (Å²) in [5, 5.41) is 0. The van der Waals surface area contributed by atoms with E-state index in [4.69, 9.17) is 18.9 Å². The summed E-state index contributed by atoms with van der Waals surface area (Å²) in [5.41, 5.74) is 5.58. The van der Waals surface area contributed by atoms with E-state index in [-0.39, 0.29) is 24.4 Å². The second-order valence-corrected chi connectivity index (χ2v) is 7.16. The van der Waals surface area contributed by atoms with Crippen LogP contribution < -0.4 is 34.7 Å². The molecule has 0 aliphatic carbocycles. The molecule has 0 saturated carbocycles. The van der Waals surface area contributed by atoms with Crippen LogP contribution in [0.25, 0.3) is 0 Å². The van der Waals surface area contributed by atoms with Crippen molar-refractivity contribution in [3.05, 3.63) is 42.0 Å². The second kappa shape index (κ2) is 10.6. The van der Waals surface area contributed by atoms with Crippen molar-refractivity contribution in [3.63, 3.8) is 0 Å². The lowest BCUT2D eigenvalue weighted by Gasteiger charge is -2.20. The summed E-state index contributed by atoms with van der Waals surface area (Å²) in [4.78, 5) is 39.3.